The Bertz CT molecular complexity index is 530. The topological polar surface area (TPSA) is 68.3 Å². The summed E-state index contributed by atoms with van der Waals surface area (Å²) in [4.78, 5) is 22.5. The van der Waals surface area contributed by atoms with E-state index in [1.807, 2.05) is 0 Å². The van der Waals surface area contributed by atoms with Gasteiger partial charge < -0.3 is 9.59 Å². The van der Waals surface area contributed by atoms with Crippen LogP contribution in [-0.2, 0) is 19.4 Å². The summed E-state index contributed by atoms with van der Waals surface area (Å²) in [6, 6.07) is 8.08. The van der Waals surface area contributed by atoms with Crippen LogP contribution < -0.4 is 0 Å². The normalized spacial score (nSPS) is 11.5. The predicted molar refractivity (Wildman–Crippen MR) is 72.6 cm³/mol. The number of carbonyl (C=O) groups is 2. The van der Waals surface area contributed by atoms with Gasteiger partial charge in [-0.3, -0.25) is 0 Å². The van der Waals surface area contributed by atoms with Crippen LogP contribution in [0.5, 0.6) is 0 Å². The van der Waals surface area contributed by atoms with Crippen molar-refractivity contribution in [2.24, 2.45) is 5.92 Å². The van der Waals surface area contributed by atoms with Crippen molar-refractivity contribution in [2.45, 2.75) is 31.6 Å². The summed E-state index contributed by atoms with van der Waals surface area (Å²) in [6.45, 7) is 2.81. The van der Waals surface area contributed by atoms with Gasteiger partial charge in [0.2, 0.25) is 0 Å². The monoisotopic (exact) mass is 282 g/mol. The first-order chi connectivity index (χ1) is 8.81. The highest BCUT2D eigenvalue weighted by Crippen LogP contribution is 2.19. The molecule has 0 aromatic heterocycles. The number of sulfone groups is 1. The number of rotatable bonds is 7. The maximum Gasteiger partial charge on any atom is 0.178 e. The maximum absolute atomic E-state index is 12.2. The molecule has 0 N–H and O–H groups in total. The molecule has 1 rings (SSSR count). The molecular formula is C14H18O4S. The highest BCUT2D eigenvalue weighted by Gasteiger charge is 2.23. The average Bonchev–Trinajstić information content (AvgIpc) is 2.27. The largest absolute Gasteiger partial charge is 0.300 e. The number of hydrogen-bond donors (Lipinski definition) is 0. The van der Waals surface area contributed by atoms with E-state index in [0.29, 0.717) is 0 Å². The van der Waals surface area contributed by atoms with Gasteiger partial charge >= 0.3 is 0 Å². The first-order valence-corrected chi connectivity index (χ1v) is 7.73. The minimum atomic E-state index is -3.46. The lowest BCUT2D eigenvalue weighted by molar-refractivity contribution is -0.119. The van der Waals surface area contributed by atoms with Crippen LogP contribution in [0.2, 0.25) is 0 Å². The molecule has 0 aliphatic carbocycles. The SMILES string of the molecule is CC(=O)CC(CC(C)=O)CS(=O)(=O)c1ccccc1. The quantitative estimate of drug-likeness (QED) is 0.767. The molecule has 1 aromatic rings. The summed E-state index contributed by atoms with van der Waals surface area (Å²) in [5.74, 6) is -0.819. The fraction of sp³-hybridized carbons (Fsp3) is 0.429. The Labute approximate surface area is 113 Å². The van der Waals surface area contributed by atoms with E-state index < -0.39 is 15.8 Å². The number of hydrogen-bond acceptors (Lipinski definition) is 4. The van der Waals surface area contributed by atoms with Gasteiger partial charge in [0.1, 0.15) is 11.6 Å². The second kappa shape index (κ2) is 6.61. The third kappa shape index (κ3) is 5.34. The first-order valence-electron chi connectivity index (χ1n) is 6.08. The van der Waals surface area contributed by atoms with Crippen molar-refractivity contribution in [2.75, 3.05) is 5.75 Å². The van der Waals surface area contributed by atoms with Crippen LogP contribution in [0.4, 0.5) is 0 Å². The van der Waals surface area contributed by atoms with Gasteiger partial charge in [0, 0.05) is 12.8 Å². The fourth-order valence-electron chi connectivity index (χ4n) is 2.04. The fourth-order valence-corrected chi connectivity index (χ4v) is 3.66. The Kier molecular flexibility index (Phi) is 5.42. The first kappa shape index (κ1) is 15.6. The zero-order valence-corrected chi connectivity index (χ0v) is 11.9. The van der Waals surface area contributed by atoms with Crippen LogP contribution in [0.3, 0.4) is 0 Å². The van der Waals surface area contributed by atoms with E-state index in [-0.39, 0.29) is 35.1 Å². The number of Topliss-reactive ketones (excluding diaryl/α,β-unsaturated/α-hetero) is 2. The van der Waals surface area contributed by atoms with Gasteiger partial charge in [0.05, 0.1) is 10.6 Å². The highest BCUT2D eigenvalue weighted by molar-refractivity contribution is 7.91. The highest BCUT2D eigenvalue weighted by atomic mass is 32.2. The Balaban J connectivity index is 2.89. The zero-order chi connectivity index (χ0) is 14.5. The zero-order valence-electron chi connectivity index (χ0n) is 11.1. The molecule has 0 spiro atoms. The molecule has 1 aromatic carbocycles. The molecule has 0 heterocycles. The molecule has 4 nitrogen and oxygen atoms in total. The molecular weight excluding hydrogens is 264 g/mol. The minimum absolute atomic E-state index is 0.102. The molecule has 0 saturated heterocycles. The lowest BCUT2D eigenvalue weighted by Crippen LogP contribution is -2.20. The van der Waals surface area contributed by atoms with Crippen molar-refractivity contribution in [1.82, 2.24) is 0 Å². The molecule has 0 fully saturated rings. The van der Waals surface area contributed by atoms with E-state index in [4.69, 9.17) is 0 Å². The smallest absolute Gasteiger partial charge is 0.178 e. The Hall–Kier alpha value is -1.49. The Morgan fingerprint density at radius 3 is 1.89 bits per heavy atom. The Morgan fingerprint density at radius 2 is 1.47 bits per heavy atom. The standard InChI is InChI=1S/C14H18O4S/c1-11(15)8-13(9-12(2)16)10-19(17,18)14-6-4-3-5-7-14/h3-7,13H,8-10H2,1-2H3. The summed E-state index contributed by atoms with van der Waals surface area (Å²) >= 11 is 0. The van der Waals surface area contributed by atoms with Gasteiger partial charge in [-0.1, -0.05) is 18.2 Å². The molecule has 0 bridgehead atoms. The molecule has 0 amide bonds. The van der Waals surface area contributed by atoms with Crippen molar-refractivity contribution < 1.29 is 18.0 Å². The molecule has 0 aliphatic rings. The van der Waals surface area contributed by atoms with Gasteiger partial charge in [-0.25, -0.2) is 8.42 Å². The van der Waals surface area contributed by atoms with Gasteiger partial charge in [0.15, 0.2) is 9.84 Å². The second-order valence-electron chi connectivity index (χ2n) is 4.77. The summed E-state index contributed by atoms with van der Waals surface area (Å²) in [6.07, 6.45) is 0.233. The van der Waals surface area contributed by atoms with E-state index in [2.05, 4.69) is 0 Å². The van der Waals surface area contributed by atoms with E-state index in [9.17, 15) is 18.0 Å². The van der Waals surface area contributed by atoms with Crippen LogP contribution in [0.1, 0.15) is 26.7 Å². The average molecular weight is 282 g/mol. The molecule has 0 unspecified atom stereocenters. The van der Waals surface area contributed by atoms with Crippen molar-refractivity contribution >= 4 is 21.4 Å². The number of carbonyl (C=O) groups excluding carboxylic acids is 2. The molecule has 5 heteroatoms. The summed E-state index contributed by atoms with van der Waals surface area (Å²) in [5.41, 5.74) is 0. The Morgan fingerprint density at radius 1 is 1.00 bits per heavy atom. The van der Waals surface area contributed by atoms with Gasteiger partial charge in [0.25, 0.3) is 0 Å². The number of benzene rings is 1. The lowest BCUT2D eigenvalue weighted by atomic mass is 9.99. The third-order valence-electron chi connectivity index (χ3n) is 2.71. The van der Waals surface area contributed by atoms with Crippen LogP contribution >= 0.6 is 0 Å². The van der Waals surface area contributed by atoms with Gasteiger partial charge in [-0.2, -0.15) is 0 Å². The van der Waals surface area contributed by atoms with E-state index in [0.717, 1.165) is 0 Å². The van der Waals surface area contributed by atoms with Crippen LogP contribution in [0, 0.1) is 5.92 Å². The molecule has 0 atom stereocenters. The summed E-state index contributed by atoms with van der Waals surface area (Å²) in [5, 5.41) is 0. The third-order valence-corrected chi connectivity index (χ3v) is 4.61. The molecule has 0 aliphatic heterocycles. The minimum Gasteiger partial charge on any atom is -0.300 e. The summed E-state index contributed by atoms with van der Waals surface area (Å²) in [7, 11) is -3.46. The molecule has 19 heavy (non-hydrogen) atoms. The van der Waals surface area contributed by atoms with Crippen molar-refractivity contribution in [1.29, 1.82) is 0 Å². The van der Waals surface area contributed by atoms with Crippen molar-refractivity contribution in [3.8, 4) is 0 Å². The molecule has 104 valence electrons. The predicted octanol–water partition coefficient (Wildman–Crippen LogP) is 2.03. The lowest BCUT2D eigenvalue weighted by Gasteiger charge is -2.14. The molecule has 0 radical (unpaired) electrons. The van der Waals surface area contributed by atoms with Gasteiger partial charge in [-0.05, 0) is 31.9 Å². The van der Waals surface area contributed by atoms with Crippen LogP contribution in [-0.4, -0.2) is 25.7 Å². The summed E-state index contributed by atoms with van der Waals surface area (Å²) < 4.78 is 24.4. The number of ketones is 2. The van der Waals surface area contributed by atoms with Gasteiger partial charge in [-0.15, -0.1) is 0 Å². The molecule has 0 saturated carbocycles. The van der Waals surface area contributed by atoms with Crippen LogP contribution in [0.15, 0.2) is 35.2 Å². The maximum atomic E-state index is 12.2. The van der Waals surface area contributed by atoms with Crippen molar-refractivity contribution in [3.63, 3.8) is 0 Å². The van der Waals surface area contributed by atoms with E-state index in [1.54, 1.807) is 18.2 Å². The van der Waals surface area contributed by atoms with E-state index >= 15 is 0 Å². The van der Waals surface area contributed by atoms with E-state index in [1.165, 1.54) is 26.0 Å². The second-order valence-corrected chi connectivity index (χ2v) is 6.81. The van der Waals surface area contributed by atoms with Crippen LogP contribution in [0.25, 0.3) is 0 Å². The van der Waals surface area contributed by atoms with Crippen molar-refractivity contribution in [3.05, 3.63) is 30.3 Å².